The second-order valence-corrected chi connectivity index (χ2v) is 6.51. The van der Waals surface area contributed by atoms with E-state index in [4.69, 9.17) is 0 Å². The van der Waals surface area contributed by atoms with Gasteiger partial charge in [-0.2, -0.15) is 0 Å². The summed E-state index contributed by atoms with van der Waals surface area (Å²) in [7, 11) is 1.70. The predicted molar refractivity (Wildman–Crippen MR) is 71.3 cm³/mol. The number of hydrogen-bond donors (Lipinski definition) is 1. The lowest BCUT2D eigenvalue weighted by atomic mass is 10.0. The molecule has 0 bridgehead atoms. The number of carbonyl (C=O) groups excluding carboxylic acids is 2. The maximum Gasteiger partial charge on any atom is 0.228 e. The molecule has 0 radical (unpaired) electrons. The highest BCUT2D eigenvalue weighted by molar-refractivity contribution is 5.89. The summed E-state index contributed by atoms with van der Waals surface area (Å²) in [5.74, 6) is 0.470. The molecule has 1 aliphatic carbocycles. The quantitative estimate of drug-likeness (QED) is 0.788. The van der Waals surface area contributed by atoms with Crippen LogP contribution in [0.15, 0.2) is 0 Å². The van der Waals surface area contributed by atoms with E-state index in [2.05, 4.69) is 0 Å². The molecule has 1 saturated carbocycles. The van der Waals surface area contributed by atoms with Crippen LogP contribution < -0.4 is 0 Å². The van der Waals surface area contributed by atoms with Crippen LogP contribution in [-0.2, 0) is 9.59 Å². The van der Waals surface area contributed by atoms with Gasteiger partial charge in [0.05, 0.1) is 18.1 Å². The molecule has 1 heterocycles. The molecule has 1 N–H and O–H groups in total. The van der Waals surface area contributed by atoms with Crippen molar-refractivity contribution < 1.29 is 14.7 Å². The Morgan fingerprint density at radius 1 is 1.47 bits per heavy atom. The van der Waals surface area contributed by atoms with Crippen LogP contribution in [0.3, 0.4) is 0 Å². The Morgan fingerprint density at radius 2 is 2.11 bits per heavy atom. The SMILES string of the molecule is CN(C(=O)C1CC(=O)N(CC2CC2)C1)C(C)(C)CO. The minimum atomic E-state index is -0.579. The summed E-state index contributed by atoms with van der Waals surface area (Å²) in [6, 6.07) is 0. The lowest BCUT2D eigenvalue weighted by Crippen LogP contribution is -2.50. The van der Waals surface area contributed by atoms with E-state index in [0.717, 1.165) is 6.54 Å². The van der Waals surface area contributed by atoms with Crippen molar-refractivity contribution in [1.29, 1.82) is 0 Å². The standard InChI is InChI=1S/C14H24N2O3/c1-14(2,9-17)15(3)13(19)11-6-12(18)16(8-11)7-10-4-5-10/h10-11,17H,4-9H2,1-3H3. The van der Waals surface area contributed by atoms with Gasteiger partial charge in [0, 0.05) is 26.6 Å². The van der Waals surface area contributed by atoms with Gasteiger partial charge in [0.15, 0.2) is 0 Å². The summed E-state index contributed by atoms with van der Waals surface area (Å²) >= 11 is 0. The fourth-order valence-corrected chi connectivity index (χ4v) is 2.40. The fourth-order valence-electron chi connectivity index (χ4n) is 2.40. The summed E-state index contributed by atoms with van der Waals surface area (Å²) in [6.07, 6.45) is 2.73. The Hall–Kier alpha value is -1.10. The molecule has 1 saturated heterocycles. The Bertz CT molecular complexity index is 377. The third-order valence-corrected chi connectivity index (χ3v) is 4.36. The van der Waals surface area contributed by atoms with Gasteiger partial charge in [0.25, 0.3) is 0 Å². The van der Waals surface area contributed by atoms with Gasteiger partial charge in [-0.05, 0) is 32.6 Å². The fraction of sp³-hybridized carbons (Fsp3) is 0.857. The molecule has 2 rings (SSSR count). The summed E-state index contributed by atoms with van der Waals surface area (Å²) in [5.41, 5.74) is -0.579. The number of carbonyl (C=O) groups is 2. The molecular weight excluding hydrogens is 244 g/mol. The first-order chi connectivity index (χ1) is 8.85. The molecule has 1 atom stereocenters. The van der Waals surface area contributed by atoms with Gasteiger partial charge in [-0.25, -0.2) is 0 Å². The highest BCUT2D eigenvalue weighted by atomic mass is 16.3. The lowest BCUT2D eigenvalue weighted by Gasteiger charge is -2.35. The number of nitrogens with zero attached hydrogens (tertiary/aromatic N) is 2. The monoisotopic (exact) mass is 268 g/mol. The Balaban J connectivity index is 1.95. The molecule has 2 fully saturated rings. The van der Waals surface area contributed by atoms with Gasteiger partial charge in [0.2, 0.25) is 11.8 Å². The highest BCUT2D eigenvalue weighted by Crippen LogP contribution is 2.32. The van der Waals surface area contributed by atoms with Crippen LogP contribution in [0.1, 0.15) is 33.1 Å². The topological polar surface area (TPSA) is 60.9 Å². The summed E-state index contributed by atoms with van der Waals surface area (Å²) < 4.78 is 0. The first-order valence-electron chi connectivity index (χ1n) is 7.01. The van der Waals surface area contributed by atoms with E-state index in [9.17, 15) is 14.7 Å². The second kappa shape index (κ2) is 5.12. The van der Waals surface area contributed by atoms with E-state index >= 15 is 0 Å². The number of amides is 2. The zero-order valence-electron chi connectivity index (χ0n) is 12.1. The minimum Gasteiger partial charge on any atom is -0.394 e. The van der Waals surface area contributed by atoms with Crippen LogP contribution in [0.2, 0.25) is 0 Å². The first-order valence-corrected chi connectivity index (χ1v) is 7.01. The number of hydrogen-bond acceptors (Lipinski definition) is 3. The molecule has 0 aromatic heterocycles. The van der Waals surface area contributed by atoms with Crippen molar-refractivity contribution >= 4 is 11.8 Å². The summed E-state index contributed by atoms with van der Waals surface area (Å²) in [6.45, 7) is 4.92. The van der Waals surface area contributed by atoms with Crippen molar-refractivity contribution in [2.75, 3.05) is 26.7 Å². The molecule has 5 nitrogen and oxygen atoms in total. The van der Waals surface area contributed by atoms with Gasteiger partial charge >= 0.3 is 0 Å². The molecule has 108 valence electrons. The van der Waals surface area contributed by atoms with E-state index in [1.165, 1.54) is 12.8 Å². The van der Waals surface area contributed by atoms with Gasteiger partial charge in [0.1, 0.15) is 0 Å². The van der Waals surface area contributed by atoms with Crippen molar-refractivity contribution in [2.45, 2.75) is 38.6 Å². The number of likely N-dealkylation sites (N-methyl/N-ethyl adjacent to an activating group) is 1. The zero-order valence-corrected chi connectivity index (χ0v) is 12.1. The van der Waals surface area contributed by atoms with Crippen LogP contribution in [0.25, 0.3) is 0 Å². The van der Waals surface area contributed by atoms with Crippen LogP contribution in [0.5, 0.6) is 0 Å². The number of rotatable bonds is 5. The van der Waals surface area contributed by atoms with Crippen molar-refractivity contribution in [2.24, 2.45) is 11.8 Å². The maximum atomic E-state index is 12.4. The molecule has 0 aromatic rings. The zero-order chi connectivity index (χ0) is 14.2. The smallest absolute Gasteiger partial charge is 0.228 e. The van der Waals surface area contributed by atoms with Crippen LogP contribution >= 0.6 is 0 Å². The van der Waals surface area contributed by atoms with Gasteiger partial charge in [-0.1, -0.05) is 0 Å². The van der Waals surface area contributed by atoms with E-state index in [1.54, 1.807) is 11.9 Å². The van der Waals surface area contributed by atoms with Gasteiger partial charge in [-0.3, -0.25) is 9.59 Å². The molecule has 5 heteroatoms. The van der Waals surface area contributed by atoms with Crippen molar-refractivity contribution in [3.63, 3.8) is 0 Å². The van der Waals surface area contributed by atoms with Crippen LogP contribution in [-0.4, -0.2) is 59.0 Å². The minimum absolute atomic E-state index is 0.0364. The molecule has 1 aliphatic heterocycles. The largest absolute Gasteiger partial charge is 0.394 e. The number of likely N-dealkylation sites (tertiary alicyclic amines) is 1. The second-order valence-electron chi connectivity index (χ2n) is 6.51. The average Bonchev–Trinajstić information content (AvgIpc) is 3.11. The molecule has 1 unspecified atom stereocenters. The average molecular weight is 268 g/mol. The number of aliphatic hydroxyl groups excluding tert-OH is 1. The van der Waals surface area contributed by atoms with E-state index in [0.29, 0.717) is 18.9 Å². The third kappa shape index (κ3) is 3.08. The summed E-state index contributed by atoms with van der Waals surface area (Å²) in [5, 5.41) is 9.32. The Morgan fingerprint density at radius 3 is 2.63 bits per heavy atom. The van der Waals surface area contributed by atoms with Crippen LogP contribution in [0, 0.1) is 11.8 Å². The number of aliphatic hydroxyl groups is 1. The molecule has 0 aromatic carbocycles. The molecule has 2 amide bonds. The Labute approximate surface area is 114 Å². The molecule has 19 heavy (non-hydrogen) atoms. The van der Waals surface area contributed by atoms with Crippen molar-refractivity contribution in [3.8, 4) is 0 Å². The lowest BCUT2D eigenvalue weighted by molar-refractivity contribution is -0.140. The van der Waals surface area contributed by atoms with E-state index in [1.807, 2.05) is 18.7 Å². The summed E-state index contributed by atoms with van der Waals surface area (Å²) in [4.78, 5) is 27.7. The predicted octanol–water partition coefficient (Wildman–Crippen LogP) is 0.474. The van der Waals surface area contributed by atoms with Crippen molar-refractivity contribution in [3.05, 3.63) is 0 Å². The highest BCUT2D eigenvalue weighted by Gasteiger charge is 2.40. The van der Waals surface area contributed by atoms with Gasteiger partial charge < -0.3 is 14.9 Å². The van der Waals surface area contributed by atoms with Crippen molar-refractivity contribution in [1.82, 2.24) is 9.80 Å². The normalized spacial score (nSPS) is 23.9. The first kappa shape index (κ1) is 14.3. The molecule has 0 spiro atoms. The molecular formula is C14H24N2O3. The van der Waals surface area contributed by atoms with E-state index < -0.39 is 5.54 Å². The molecule has 2 aliphatic rings. The van der Waals surface area contributed by atoms with Crippen LogP contribution in [0.4, 0.5) is 0 Å². The maximum absolute atomic E-state index is 12.4. The van der Waals surface area contributed by atoms with E-state index in [-0.39, 0.29) is 24.3 Å². The Kier molecular flexibility index (Phi) is 3.85. The third-order valence-electron chi connectivity index (χ3n) is 4.36. The van der Waals surface area contributed by atoms with Gasteiger partial charge in [-0.15, -0.1) is 0 Å².